The molecule has 0 radical (unpaired) electrons. The normalized spacial score (nSPS) is 23.8. The van der Waals surface area contributed by atoms with E-state index in [1.165, 1.54) is 6.42 Å². The zero-order valence-corrected chi connectivity index (χ0v) is 10.6. The van der Waals surface area contributed by atoms with Crippen LogP contribution in [-0.4, -0.2) is 9.97 Å². The van der Waals surface area contributed by atoms with Gasteiger partial charge in [-0.3, -0.25) is 0 Å². The Morgan fingerprint density at radius 2 is 2.00 bits per heavy atom. The number of alkyl halides is 1. The van der Waals surface area contributed by atoms with Crippen molar-refractivity contribution in [1.29, 1.82) is 0 Å². The smallest absolute Gasteiger partial charge is 0.306 e. The fourth-order valence-corrected chi connectivity index (χ4v) is 3.03. The second kappa shape index (κ2) is 3.39. The molecule has 2 unspecified atom stereocenters. The number of fused-ring (bicyclic) bond motifs is 1. The Labute approximate surface area is 104 Å². The number of H-pyrrole nitrogens is 2. The van der Waals surface area contributed by atoms with Crippen molar-refractivity contribution in [3.63, 3.8) is 0 Å². The van der Waals surface area contributed by atoms with E-state index in [0.29, 0.717) is 11.3 Å². The molecule has 3 nitrogen and oxygen atoms in total. The summed E-state index contributed by atoms with van der Waals surface area (Å²) in [5, 5.41) is 0.0350. The number of hydrogen-bond acceptors (Lipinski definition) is 1. The first-order chi connectivity index (χ1) is 7.97. The molecule has 17 heavy (non-hydrogen) atoms. The molecule has 0 amide bonds. The molecule has 1 aliphatic carbocycles. The van der Waals surface area contributed by atoms with Crippen LogP contribution in [0.3, 0.4) is 0 Å². The minimum absolute atomic E-state index is 0.0350. The standard InChI is InChI=1S/C13H15ClN2O/c1-13(2)6-8(13)11(14)7-3-4-9-10(5-7)16-12(17)15-9/h3-5,8,11H,6H2,1-2H3,(H2,15,16,17). The average molecular weight is 251 g/mol. The van der Waals surface area contributed by atoms with E-state index in [0.717, 1.165) is 16.6 Å². The quantitative estimate of drug-likeness (QED) is 0.791. The highest BCUT2D eigenvalue weighted by molar-refractivity contribution is 6.21. The molecule has 0 bridgehead atoms. The first-order valence-corrected chi connectivity index (χ1v) is 6.27. The van der Waals surface area contributed by atoms with Crippen molar-refractivity contribution < 1.29 is 0 Å². The maximum absolute atomic E-state index is 11.2. The molecule has 90 valence electrons. The van der Waals surface area contributed by atoms with Gasteiger partial charge in [-0.1, -0.05) is 19.9 Å². The number of halogens is 1. The van der Waals surface area contributed by atoms with Crippen LogP contribution in [0, 0.1) is 11.3 Å². The molecule has 1 aromatic carbocycles. The van der Waals surface area contributed by atoms with Crippen LogP contribution in [0.15, 0.2) is 23.0 Å². The van der Waals surface area contributed by atoms with E-state index in [9.17, 15) is 4.79 Å². The minimum atomic E-state index is -0.171. The van der Waals surface area contributed by atoms with Crippen molar-refractivity contribution in [1.82, 2.24) is 9.97 Å². The molecule has 3 rings (SSSR count). The number of aromatic nitrogens is 2. The van der Waals surface area contributed by atoms with Gasteiger partial charge in [0.2, 0.25) is 0 Å². The summed E-state index contributed by atoms with van der Waals surface area (Å²) < 4.78 is 0. The van der Waals surface area contributed by atoms with Gasteiger partial charge >= 0.3 is 5.69 Å². The molecule has 2 N–H and O–H groups in total. The second-order valence-electron chi connectivity index (χ2n) is 5.59. The summed E-state index contributed by atoms with van der Waals surface area (Å²) in [5.41, 5.74) is 2.93. The van der Waals surface area contributed by atoms with E-state index >= 15 is 0 Å². The molecule has 1 saturated carbocycles. The van der Waals surface area contributed by atoms with Crippen molar-refractivity contribution in [2.75, 3.05) is 0 Å². The SMILES string of the molecule is CC1(C)CC1C(Cl)c1ccc2[nH]c(=O)[nH]c2c1. The lowest BCUT2D eigenvalue weighted by molar-refractivity contribution is 0.548. The highest BCUT2D eigenvalue weighted by Crippen LogP contribution is 2.59. The summed E-state index contributed by atoms with van der Waals surface area (Å²) in [7, 11) is 0. The number of imidazole rings is 1. The van der Waals surface area contributed by atoms with Gasteiger partial charge in [0.05, 0.1) is 16.4 Å². The molecular weight excluding hydrogens is 236 g/mol. The van der Waals surface area contributed by atoms with E-state index in [2.05, 4.69) is 23.8 Å². The Kier molecular flexibility index (Phi) is 2.17. The van der Waals surface area contributed by atoms with Crippen molar-refractivity contribution in [3.8, 4) is 0 Å². The van der Waals surface area contributed by atoms with Gasteiger partial charge in [0.1, 0.15) is 0 Å². The van der Waals surface area contributed by atoms with Crippen LogP contribution in [0.5, 0.6) is 0 Å². The van der Waals surface area contributed by atoms with Crippen molar-refractivity contribution >= 4 is 22.6 Å². The van der Waals surface area contributed by atoms with E-state index in [4.69, 9.17) is 11.6 Å². The van der Waals surface area contributed by atoms with E-state index in [1.54, 1.807) is 0 Å². The lowest BCUT2D eigenvalue weighted by Gasteiger charge is -2.11. The highest BCUT2D eigenvalue weighted by atomic mass is 35.5. The van der Waals surface area contributed by atoms with Gasteiger partial charge in [0.15, 0.2) is 0 Å². The minimum Gasteiger partial charge on any atom is -0.306 e. The summed E-state index contributed by atoms with van der Waals surface area (Å²) in [4.78, 5) is 16.7. The Morgan fingerprint density at radius 3 is 2.65 bits per heavy atom. The Hall–Kier alpha value is -1.22. The first-order valence-electron chi connectivity index (χ1n) is 5.83. The number of rotatable bonds is 2. The molecule has 2 aromatic rings. The van der Waals surface area contributed by atoms with Crippen LogP contribution in [0.25, 0.3) is 11.0 Å². The fourth-order valence-electron chi connectivity index (χ4n) is 2.46. The Morgan fingerprint density at radius 1 is 1.35 bits per heavy atom. The third kappa shape index (κ3) is 1.78. The number of hydrogen-bond donors (Lipinski definition) is 2. The molecule has 1 heterocycles. The zero-order chi connectivity index (χ0) is 12.2. The van der Waals surface area contributed by atoms with Crippen LogP contribution in [0.4, 0.5) is 0 Å². The number of nitrogens with one attached hydrogen (secondary N) is 2. The summed E-state index contributed by atoms with van der Waals surface area (Å²) in [6, 6.07) is 5.88. The van der Waals surface area contributed by atoms with Gasteiger partial charge in [0.25, 0.3) is 0 Å². The Bertz CT molecular complexity index is 626. The lowest BCUT2D eigenvalue weighted by atomic mass is 10.0. The van der Waals surface area contributed by atoms with E-state index in [1.807, 2.05) is 18.2 Å². The van der Waals surface area contributed by atoms with Gasteiger partial charge < -0.3 is 9.97 Å². The van der Waals surface area contributed by atoms with E-state index in [-0.39, 0.29) is 11.1 Å². The maximum Gasteiger partial charge on any atom is 0.323 e. The largest absolute Gasteiger partial charge is 0.323 e. The summed E-state index contributed by atoms with van der Waals surface area (Å²) in [6.07, 6.45) is 1.17. The second-order valence-corrected chi connectivity index (χ2v) is 6.06. The van der Waals surface area contributed by atoms with Gasteiger partial charge in [-0.05, 0) is 35.4 Å². The van der Waals surface area contributed by atoms with Crippen molar-refractivity contribution in [2.45, 2.75) is 25.6 Å². The molecule has 4 heteroatoms. The van der Waals surface area contributed by atoms with Crippen LogP contribution in [-0.2, 0) is 0 Å². The number of aromatic amines is 2. The van der Waals surface area contributed by atoms with Crippen molar-refractivity contribution in [2.24, 2.45) is 11.3 Å². The average Bonchev–Trinajstić information content (AvgIpc) is 2.73. The van der Waals surface area contributed by atoms with Crippen LogP contribution in [0.1, 0.15) is 31.2 Å². The maximum atomic E-state index is 11.2. The van der Waals surface area contributed by atoms with Crippen LogP contribution in [0.2, 0.25) is 0 Å². The van der Waals surface area contributed by atoms with Crippen molar-refractivity contribution in [3.05, 3.63) is 34.2 Å². The van der Waals surface area contributed by atoms with Gasteiger partial charge in [0, 0.05) is 0 Å². The zero-order valence-electron chi connectivity index (χ0n) is 9.88. The van der Waals surface area contributed by atoms with Gasteiger partial charge in [-0.15, -0.1) is 11.6 Å². The molecule has 1 aromatic heterocycles. The topological polar surface area (TPSA) is 48.6 Å². The monoisotopic (exact) mass is 250 g/mol. The molecule has 2 atom stereocenters. The van der Waals surface area contributed by atoms with Crippen LogP contribution >= 0.6 is 11.6 Å². The summed E-state index contributed by atoms with van der Waals surface area (Å²) in [5.74, 6) is 0.535. The predicted molar refractivity (Wildman–Crippen MR) is 69.4 cm³/mol. The molecule has 1 fully saturated rings. The van der Waals surface area contributed by atoms with E-state index < -0.39 is 0 Å². The predicted octanol–water partition coefficient (Wildman–Crippen LogP) is 3.18. The third-order valence-corrected chi connectivity index (χ3v) is 4.36. The summed E-state index contributed by atoms with van der Waals surface area (Å²) >= 11 is 6.49. The van der Waals surface area contributed by atoms with Crippen LogP contribution < -0.4 is 5.69 Å². The molecule has 0 saturated heterocycles. The fraction of sp³-hybridized carbons (Fsp3) is 0.462. The molecule has 1 aliphatic rings. The summed E-state index contributed by atoms with van der Waals surface area (Å²) in [6.45, 7) is 4.48. The Balaban J connectivity index is 1.98. The first kappa shape index (κ1) is 10.9. The number of benzene rings is 1. The molecule has 0 spiro atoms. The van der Waals surface area contributed by atoms with Gasteiger partial charge in [-0.2, -0.15) is 0 Å². The molecule has 0 aliphatic heterocycles. The highest BCUT2D eigenvalue weighted by Gasteiger charge is 2.49. The third-order valence-electron chi connectivity index (χ3n) is 3.80. The lowest BCUT2D eigenvalue weighted by Crippen LogP contribution is -1.99. The molecular formula is C13H15ClN2O. The van der Waals surface area contributed by atoms with Gasteiger partial charge in [-0.25, -0.2) is 4.79 Å².